The molecule has 7 nitrogen and oxygen atoms in total. The van der Waals surface area contributed by atoms with Gasteiger partial charge in [0.1, 0.15) is 5.78 Å². The van der Waals surface area contributed by atoms with Gasteiger partial charge in [-0.25, -0.2) is 0 Å². The lowest BCUT2D eigenvalue weighted by molar-refractivity contribution is -0.133. The summed E-state index contributed by atoms with van der Waals surface area (Å²) in [6.45, 7) is 8.76. The lowest BCUT2D eigenvalue weighted by Crippen LogP contribution is -2.38. The van der Waals surface area contributed by atoms with E-state index < -0.39 is 0 Å². The van der Waals surface area contributed by atoms with Crippen molar-refractivity contribution in [3.63, 3.8) is 0 Å². The Hall–Kier alpha value is -0.770. The van der Waals surface area contributed by atoms with E-state index in [1.807, 2.05) is 18.7 Å². The number of carbonyl (C=O) groups is 3. The predicted molar refractivity (Wildman–Crippen MR) is 128 cm³/mol. The molecular weight excluding hydrogens is 436 g/mol. The van der Waals surface area contributed by atoms with E-state index in [2.05, 4.69) is 5.32 Å². The largest absolute Gasteiger partial charge is 0.380 e. The molecule has 1 saturated heterocycles. The predicted octanol–water partition coefficient (Wildman–Crippen LogP) is 3.46. The number of amides is 2. The number of hydrogen-bond donors (Lipinski definition) is 1. The average molecular weight is 477 g/mol. The van der Waals surface area contributed by atoms with Gasteiger partial charge in [-0.1, -0.05) is 21.6 Å². The minimum atomic E-state index is 0.0531. The molecule has 31 heavy (non-hydrogen) atoms. The topological polar surface area (TPSA) is 84.9 Å². The van der Waals surface area contributed by atoms with E-state index in [-0.39, 0.29) is 29.7 Å². The summed E-state index contributed by atoms with van der Waals surface area (Å²) in [5.74, 6) is 2.17. The van der Waals surface area contributed by atoms with Crippen molar-refractivity contribution in [2.24, 2.45) is 0 Å². The van der Waals surface area contributed by atoms with E-state index in [0.29, 0.717) is 52.2 Å². The number of hydrogen-bond acceptors (Lipinski definition) is 7. The number of likely N-dealkylation sites (tertiary alicyclic amines) is 1. The minimum Gasteiger partial charge on any atom is -0.380 e. The van der Waals surface area contributed by atoms with Crippen LogP contribution in [-0.2, 0) is 23.9 Å². The molecule has 0 aliphatic carbocycles. The Morgan fingerprint density at radius 3 is 2.45 bits per heavy atom. The SMILES string of the molecule is CCOC[C@@H]1C[C@@H](OCC)CN1C(=O)CCCSSCCNC(=O)CCCCC(C)=O. The third-order valence-electron chi connectivity index (χ3n) is 5.01. The van der Waals surface area contributed by atoms with Crippen molar-refractivity contribution in [3.05, 3.63) is 0 Å². The van der Waals surface area contributed by atoms with Crippen LogP contribution < -0.4 is 5.32 Å². The molecule has 180 valence electrons. The summed E-state index contributed by atoms with van der Waals surface area (Å²) in [6.07, 6.45) is 4.94. The Morgan fingerprint density at radius 1 is 1.00 bits per heavy atom. The van der Waals surface area contributed by atoms with Crippen molar-refractivity contribution in [1.82, 2.24) is 10.2 Å². The first-order valence-electron chi connectivity index (χ1n) is 11.5. The van der Waals surface area contributed by atoms with Crippen LogP contribution in [0, 0.1) is 0 Å². The average Bonchev–Trinajstić information content (AvgIpc) is 3.14. The van der Waals surface area contributed by atoms with Gasteiger partial charge in [-0.15, -0.1) is 0 Å². The number of unbranched alkanes of at least 4 members (excludes halogenated alkanes) is 1. The van der Waals surface area contributed by atoms with Gasteiger partial charge < -0.3 is 24.5 Å². The summed E-state index contributed by atoms with van der Waals surface area (Å²) in [4.78, 5) is 37.2. The van der Waals surface area contributed by atoms with Crippen LogP contribution in [0.4, 0.5) is 0 Å². The number of ether oxygens (including phenoxy) is 2. The lowest BCUT2D eigenvalue weighted by Gasteiger charge is -2.24. The van der Waals surface area contributed by atoms with Crippen molar-refractivity contribution in [2.45, 2.75) is 77.9 Å². The molecule has 1 fully saturated rings. The normalized spacial score (nSPS) is 18.4. The highest BCUT2D eigenvalue weighted by Crippen LogP contribution is 2.24. The summed E-state index contributed by atoms with van der Waals surface area (Å²) in [7, 11) is 3.47. The zero-order valence-corrected chi connectivity index (χ0v) is 21.0. The molecule has 1 heterocycles. The third-order valence-corrected chi connectivity index (χ3v) is 7.50. The number of Topliss-reactive ketones (excluding diaryl/α,β-unsaturated/α-hetero) is 1. The maximum Gasteiger partial charge on any atom is 0.223 e. The van der Waals surface area contributed by atoms with E-state index in [0.717, 1.165) is 37.2 Å². The minimum absolute atomic E-state index is 0.0531. The number of ketones is 1. The molecule has 0 aromatic heterocycles. The fourth-order valence-corrected chi connectivity index (χ4v) is 5.47. The van der Waals surface area contributed by atoms with Crippen LogP contribution in [0.15, 0.2) is 0 Å². The molecule has 0 aromatic rings. The van der Waals surface area contributed by atoms with E-state index in [9.17, 15) is 14.4 Å². The first-order chi connectivity index (χ1) is 15.0. The van der Waals surface area contributed by atoms with Crippen LogP contribution in [-0.4, -0.2) is 79.1 Å². The molecule has 1 aliphatic heterocycles. The molecule has 0 unspecified atom stereocenters. The van der Waals surface area contributed by atoms with Crippen LogP contribution in [0.25, 0.3) is 0 Å². The first kappa shape index (κ1) is 28.3. The third kappa shape index (κ3) is 13.4. The number of carbonyl (C=O) groups excluding carboxylic acids is 3. The van der Waals surface area contributed by atoms with E-state index in [1.165, 1.54) is 0 Å². The van der Waals surface area contributed by atoms with E-state index >= 15 is 0 Å². The molecule has 1 N–H and O–H groups in total. The van der Waals surface area contributed by atoms with Gasteiger partial charge in [-0.3, -0.25) is 9.59 Å². The second kappa shape index (κ2) is 17.7. The standard InChI is InChI=1S/C22H40N2O5S2/c1-4-28-17-19-15-20(29-5-2)16-24(19)22(27)11-8-13-30-31-14-12-23-21(26)10-7-6-9-18(3)25/h19-20H,4-17H2,1-3H3,(H,23,26)/t19-,20+/m0/s1. The van der Waals surface area contributed by atoms with Gasteiger partial charge in [-0.05, 0) is 46.5 Å². The maximum absolute atomic E-state index is 12.7. The number of nitrogens with one attached hydrogen (secondary N) is 1. The first-order valence-corrected chi connectivity index (χ1v) is 14.0. The van der Waals surface area contributed by atoms with Crippen LogP contribution in [0.5, 0.6) is 0 Å². The second-order valence-corrected chi connectivity index (χ2v) is 10.4. The van der Waals surface area contributed by atoms with Crippen molar-refractivity contribution in [3.8, 4) is 0 Å². The molecule has 9 heteroatoms. The number of rotatable bonds is 18. The second-order valence-electron chi connectivity index (χ2n) is 7.68. The molecule has 2 amide bonds. The van der Waals surface area contributed by atoms with E-state index in [1.54, 1.807) is 28.5 Å². The lowest BCUT2D eigenvalue weighted by atomic mass is 10.1. The van der Waals surface area contributed by atoms with Crippen LogP contribution in [0.3, 0.4) is 0 Å². The summed E-state index contributed by atoms with van der Waals surface area (Å²) < 4.78 is 11.3. The molecule has 0 spiro atoms. The van der Waals surface area contributed by atoms with Crippen LogP contribution >= 0.6 is 21.6 Å². The highest BCUT2D eigenvalue weighted by atomic mass is 33.1. The van der Waals surface area contributed by atoms with Crippen molar-refractivity contribution < 1.29 is 23.9 Å². The van der Waals surface area contributed by atoms with Gasteiger partial charge >= 0.3 is 0 Å². The highest BCUT2D eigenvalue weighted by molar-refractivity contribution is 8.76. The zero-order chi connectivity index (χ0) is 22.9. The smallest absolute Gasteiger partial charge is 0.223 e. The van der Waals surface area contributed by atoms with Crippen molar-refractivity contribution in [1.29, 1.82) is 0 Å². The molecule has 0 radical (unpaired) electrons. The fourth-order valence-electron chi connectivity index (χ4n) is 3.47. The Balaban J connectivity index is 2.07. The molecular formula is C22H40N2O5S2. The van der Waals surface area contributed by atoms with Crippen LogP contribution in [0.2, 0.25) is 0 Å². The number of nitrogens with zero attached hydrogens (tertiary/aromatic N) is 1. The van der Waals surface area contributed by atoms with Crippen LogP contribution in [0.1, 0.15) is 65.7 Å². The maximum atomic E-state index is 12.7. The summed E-state index contributed by atoms with van der Waals surface area (Å²) in [6, 6.07) is 0.122. The Kier molecular flexibility index (Phi) is 16.2. The monoisotopic (exact) mass is 476 g/mol. The highest BCUT2D eigenvalue weighted by Gasteiger charge is 2.35. The molecule has 0 bridgehead atoms. The van der Waals surface area contributed by atoms with Gasteiger partial charge in [0.25, 0.3) is 0 Å². The molecule has 2 atom stereocenters. The van der Waals surface area contributed by atoms with Gasteiger partial charge in [-0.2, -0.15) is 0 Å². The molecule has 0 aromatic carbocycles. The zero-order valence-electron chi connectivity index (χ0n) is 19.4. The van der Waals surface area contributed by atoms with E-state index in [4.69, 9.17) is 9.47 Å². The molecule has 1 rings (SSSR count). The summed E-state index contributed by atoms with van der Waals surface area (Å²) >= 11 is 0. The van der Waals surface area contributed by atoms with Crippen molar-refractivity contribution in [2.75, 3.05) is 44.4 Å². The Labute approximate surface area is 195 Å². The van der Waals surface area contributed by atoms with Gasteiger partial charge in [0.05, 0.1) is 18.8 Å². The Bertz CT molecular complexity index is 536. The molecule has 1 aliphatic rings. The quantitative estimate of drug-likeness (QED) is 0.239. The summed E-state index contributed by atoms with van der Waals surface area (Å²) in [5, 5.41) is 2.91. The summed E-state index contributed by atoms with van der Waals surface area (Å²) in [5.41, 5.74) is 0. The Morgan fingerprint density at radius 2 is 1.74 bits per heavy atom. The van der Waals surface area contributed by atoms with Gasteiger partial charge in [0.15, 0.2) is 0 Å². The fraction of sp³-hybridized carbons (Fsp3) is 0.864. The van der Waals surface area contributed by atoms with Gasteiger partial charge in [0, 0.05) is 57.1 Å². The molecule has 0 saturated carbocycles. The van der Waals surface area contributed by atoms with Gasteiger partial charge in [0.2, 0.25) is 11.8 Å². The van der Waals surface area contributed by atoms with Crippen molar-refractivity contribution >= 4 is 39.2 Å².